The summed E-state index contributed by atoms with van der Waals surface area (Å²) in [6.07, 6.45) is 0. The van der Waals surface area contributed by atoms with Crippen molar-refractivity contribution in [2.24, 2.45) is 0 Å². The Morgan fingerprint density at radius 2 is 1.67 bits per heavy atom. The Kier molecular flexibility index (Phi) is 5.49. The first-order valence-corrected chi connectivity index (χ1v) is 9.66. The summed E-state index contributed by atoms with van der Waals surface area (Å²) in [7, 11) is 0. The van der Waals surface area contributed by atoms with Crippen molar-refractivity contribution in [2.75, 3.05) is 5.32 Å². The van der Waals surface area contributed by atoms with E-state index in [-0.39, 0.29) is 5.69 Å². The van der Waals surface area contributed by atoms with Gasteiger partial charge in [0.25, 0.3) is 0 Å². The van der Waals surface area contributed by atoms with E-state index < -0.39 is 0 Å². The standard InChI is InChI=1S/C25H21N3O2/c1-17-8-11-22(14-18(17)2)29-21-12-9-19(10-13-21)16-27-25-23(15-26)28-24(30-25)20-6-4-3-5-7-20/h3-14,27H,16H2,1-2H3. The van der Waals surface area contributed by atoms with Crippen LogP contribution in [0.4, 0.5) is 5.88 Å². The maximum Gasteiger partial charge on any atom is 0.232 e. The van der Waals surface area contributed by atoms with Crippen molar-refractivity contribution in [2.45, 2.75) is 20.4 Å². The van der Waals surface area contributed by atoms with E-state index >= 15 is 0 Å². The SMILES string of the molecule is Cc1ccc(Oc2ccc(CNc3oc(-c4ccccc4)nc3C#N)cc2)cc1C. The summed E-state index contributed by atoms with van der Waals surface area (Å²) in [6.45, 7) is 4.65. The third-order valence-corrected chi connectivity index (χ3v) is 4.84. The van der Waals surface area contributed by atoms with Crippen LogP contribution in [0.25, 0.3) is 11.5 Å². The van der Waals surface area contributed by atoms with Gasteiger partial charge >= 0.3 is 0 Å². The number of anilines is 1. The molecule has 0 spiro atoms. The average molecular weight is 395 g/mol. The molecular weight excluding hydrogens is 374 g/mol. The molecule has 0 radical (unpaired) electrons. The Balaban J connectivity index is 1.42. The summed E-state index contributed by atoms with van der Waals surface area (Å²) in [4.78, 5) is 4.28. The fraction of sp³-hybridized carbons (Fsp3) is 0.120. The topological polar surface area (TPSA) is 71.1 Å². The van der Waals surface area contributed by atoms with Gasteiger partial charge in [0.2, 0.25) is 17.5 Å². The molecule has 0 atom stereocenters. The fourth-order valence-electron chi connectivity index (χ4n) is 2.99. The molecule has 0 aliphatic carbocycles. The third kappa shape index (κ3) is 4.34. The van der Waals surface area contributed by atoms with Crippen molar-refractivity contribution >= 4 is 5.88 Å². The number of nitrogens with one attached hydrogen (secondary N) is 1. The van der Waals surface area contributed by atoms with E-state index in [4.69, 9.17) is 9.15 Å². The Bertz CT molecular complexity index is 1190. The van der Waals surface area contributed by atoms with Crippen LogP contribution in [-0.4, -0.2) is 4.98 Å². The first-order valence-electron chi connectivity index (χ1n) is 9.66. The van der Waals surface area contributed by atoms with Crippen molar-refractivity contribution < 1.29 is 9.15 Å². The van der Waals surface area contributed by atoms with E-state index in [1.165, 1.54) is 11.1 Å². The van der Waals surface area contributed by atoms with Crippen LogP contribution in [0, 0.1) is 25.2 Å². The molecule has 3 aromatic carbocycles. The molecule has 30 heavy (non-hydrogen) atoms. The smallest absolute Gasteiger partial charge is 0.232 e. The fourth-order valence-corrected chi connectivity index (χ4v) is 2.99. The molecule has 0 amide bonds. The predicted octanol–water partition coefficient (Wildman–Crippen LogP) is 6.23. The molecule has 5 heteroatoms. The first kappa shape index (κ1) is 19.3. The summed E-state index contributed by atoms with van der Waals surface area (Å²) in [5.41, 5.74) is 4.54. The minimum atomic E-state index is 0.239. The number of rotatable bonds is 6. The minimum Gasteiger partial charge on any atom is -0.457 e. The molecule has 1 N–H and O–H groups in total. The number of hydrogen-bond donors (Lipinski definition) is 1. The summed E-state index contributed by atoms with van der Waals surface area (Å²) in [5, 5.41) is 12.5. The van der Waals surface area contributed by atoms with Crippen LogP contribution < -0.4 is 10.1 Å². The normalized spacial score (nSPS) is 10.4. The highest BCUT2D eigenvalue weighted by molar-refractivity contribution is 5.58. The lowest BCUT2D eigenvalue weighted by Gasteiger charge is -2.09. The molecule has 0 aliphatic heterocycles. The second-order valence-electron chi connectivity index (χ2n) is 7.02. The Hall–Kier alpha value is -4.04. The molecule has 0 bridgehead atoms. The Labute approximate surface area is 175 Å². The van der Waals surface area contributed by atoms with Gasteiger partial charge in [-0.3, -0.25) is 0 Å². The molecule has 1 heterocycles. The number of nitrogens with zero attached hydrogens (tertiary/aromatic N) is 2. The Morgan fingerprint density at radius 3 is 2.37 bits per heavy atom. The molecule has 5 nitrogen and oxygen atoms in total. The Morgan fingerprint density at radius 1 is 0.933 bits per heavy atom. The number of hydrogen-bond acceptors (Lipinski definition) is 5. The second kappa shape index (κ2) is 8.54. The molecule has 4 rings (SSSR count). The van der Waals surface area contributed by atoms with Gasteiger partial charge < -0.3 is 14.5 Å². The number of aromatic nitrogens is 1. The van der Waals surface area contributed by atoms with Crippen LogP contribution >= 0.6 is 0 Å². The van der Waals surface area contributed by atoms with Crippen molar-refractivity contribution in [1.82, 2.24) is 4.98 Å². The molecule has 0 saturated heterocycles. The zero-order valence-electron chi connectivity index (χ0n) is 16.8. The molecular formula is C25H21N3O2. The maximum atomic E-state index is 9.36. The van der Waals surface area contributed by atoms with E-state index in [0.29, 0.717) is 18.3 Å². The number of aryl methyl sites for hydroxylation is 2. The van der Waals surface area contributed by atoms with Crippen molar-refractivity contribution in [3.63, 3.8) is 0 Å². The van der Waals surface area contributed by atoms with Crippen LogP contribution in [0.15, 0.2) is 77.2 Å². The van der Waals surface area contributed by atoms with Gasteiger partial charge in [-0.05, 0) is 66.9 Å². The lowest BCUT2D eigenvalue weighted by molar-refractivity contribution is 0.482. The number of nitriles is 1. The van der Waals surface area contributed by atoms with Crippen molar-refractivity contribution in [3.05, 3.63) is 95.2 Å². The first-order chi connectivity index (χ1) is 14.6. The van der Waals surface area contributed by atoms with Crippen LogP contribution in [0.2, 0.25) is 0 Å². The van der Waals surface area contributed by atoms with Crippen molar-refractivity contribution in [3.8, 4) is 29.0 Å². The number of oxazole rings is 1. The predicted molar refractivity (Wildman–Crippen MR) is 116 cm³/mol. The van der Waals surface area contributed by atoms with Gasteiger partial charge in [-0.25, -0.2) is 0 Å². The zero-order chi connectivity index (χ0) is 20.9. The summed E-state index contributed by atoms with van der Waals surface area (Å²) < 4.78 is 11.7. The van der Waals surface area contributed by atoms with E-state index in [1.54, 1.807) is 0 Å². The van der Waals surface area contributed by atoms with Crippen LogP contribution in [0.3, 0.4) is 0 Å². The average Bonchev–Trinajstić information content (AvgIpc) is 3.20. The molecule has 148 valence electrons. The van der Waals surface area contributed by atoms with E-state index in [1.807, 2.05) is 66.7 Å². The molecule has 0 aliphatic rings. The highest BCUT2D eigenvalue weighted by atomic mass is 16.5. The highest BCUT2D eigenvalue weighted by Crippen LogP contribution is 2.27. The highest BCUT2D eigenvalue weighted by Gasteiger charge is 2.14. The van der Waals surface area contributed by atoms with Crippen LogP contribution in [0.1, 0.15) is 22.4 Å². The molecule has 1 aromatic heterocycles. The van der Waals surface area contributed by atoms with Gasteiger partial charge in [-0.1, -0.05) is 36.4 Å². The largest absolute Gasteiger partial charge is 0.457 e. The second-order valence-corrected chi connectivity index (χ2v) is 7.02. The van der Waals surface area contributed by atoms with Gasteiger partial charge in [-0.2, -0.15) is 10.2 Å². The third-order valence-electron chi connectivity index (χ3n) is 4.84. The number of benzene rings is 3. The van der Waals surface area contributed by atoms with Gasteiger partial charge in [-0.15, -0.1) is 0 Å². The van der Waals surface area contributed by atoms with E-state index in [0.717, 1.165) is 22.6 Å². The van der Waals surface area contributed by atoms with Crippen LogP contribution in [0.5, 0.6) is 11.5 Å². The van der Waals surface area contributed by atoms with E-state index in [9.17, 15) is 5.26 Å². The quantitative estimate of drug-likeness (QED) is 0.419. The summed E-state index contributed by atoms with van der Waals surface area (Å²) >= 11 is 0. The zero-order valence-corrected chi connectivity index (χ0v) is 16.8. The van der Waals surface area contributed by atoms with Crippen LogP contribution in [-0.2, 0) is 6.54 Å². The molecule has 0 fully saturated rings. The molecule has 4 aromatic rings. The molecule has 0 unspecified atom stereocenters. The van der Waals surface area contributed by atoms with Gasteiger partial charge in [0, 0.05) is 12.1 Å². The van der Waals surface area contributed by atoms with E-state index in [2.05, 4.69) is 36.3 Å². The lowest BCUT2D eigenvalue weighted by Crippen LogP contribution is -1.99. The lowest BCUT2D eigenvalue weighted by atomic mass is 10.1. The minimum absolute atomic E-state index is 0.239. The summed E-state index contributed by atoms with van der Waals surface area (Å²) in [5.74, 6) is 2.38. The number of ether oxygens (including phenoxy) is 1. The van der Waals surface area contributed by atoms with Gasteiger partial charge in [0.15, 0.2) is 0 Å². The maximum absolute atomic E-state index is 9.36. The van der Waals surface area contributed by atoms with Gasteiger partial charge in [0.05, 0.1) is 0 Å². The molecule has 0 saturated carbocycles. The summed E-state index contributed by atoms with van der Waals surface area (Å²) in [6, 6.07) is 25.4. The monoisotopic (exact) mass is 395 g/mol. The van der Waals surface area contributed by atoms with Crippen molar-refractivity contribution in [1.29, 1.82) is 5.26 Å². The van der Waals surface area contributed by atoms with Gasteiger partial charge in [0.1, 0.15) is 17.6 Å².